The van der Waals surface area contributed by atoms with Gasteiger partial charge in [-0.1, -0.05) is 19.9 Å². The van der Waals surface area contributed by atoms with Gasteiger partial charge in [-0.3, -0.25) is 9.69 Å². The van der Waals surface area contributed by atoms with Crippen LogP contribution in [0.4, 0.5) is 0 Å². The minimum atomic E-state index is -2.11. The number of ketones is 1. The van der Waals surface area contributed by atoms with Gasteiger partial charge in [0.25, 0.3) is 0 Å². The number of phenols is 2. The molecule has 3 N–H and O–H groups in total. The van der Waals surface area contributed by atoms with Crippen LogP contribution in [0, 0.1) is 16.7 Å². The summed E-state index contributed by atoms with van der Waals surface area (Å²) in [6, 6.07) is 4.67. The zero-order valence-electron chi connectivity index (χ0n) is 16.4. The fourth-order valence-electron chi connectivity index (χ4n) is 6.22. The second kappa shape index (κ2) is 6.82. The van der Waals surface area contributed by atoms with E-state index in [1.54, 1.807) is 12.1 Å². The molecule has 4 atom stereocenters. The average Bonchev–Trinajstić information content (AvgIpc) is 2.98. The van der Waals surface area contributed by atoms with Crippen molar-refractivity contribution in [3.05, 3.63) is 23.8 Å². The Morgan fingerprint density at radius 3 is 2.36 bits per heavy atom. The highest BCUT2D eigenvalue weighted by Crippen LogP contribution is 2.66. The average molecular weight is 408 g/mol. The van der Waals surface area contributed by atoms with Crippen LogP contribution in [0.1, 0.15) is 57.4 Å². The first-order chi connectivity index (χ1) is 13.2. The van der Waals surface area contributed by atoms with Gasteiger partial charge < -0.3 is 14.8 Å². The molecular weight excluding hydrogens is 378 g/mol. The number of benzene rings is 1. The number of hydrogen-bond donors (Lipinski definition) is 3. The third kappa shape index (κ3) is 2.74. The Balaban J connectivity index is 1.57. The Morgan fingerprint density at radius 1 is 1.18 bits per heavy atom. The number of Topliss-reactive ketones (excluding diaryl/α,β-unsaturated/α-hetero) is 1. The Kier molecular flexibility index (Phi) is 4.83. The third-order valence-corrected chi connectivity index (χ3v) is 9.00. The van der Waals surface area contributed by atoms with E-state index in [-0.39, 0.29) is 28.6 Å². The van der Waals surface area contributed by atoms with E-state index in [1.165, 1.54) is 6.07 Å². The molecule has 3 fully saturated rings. The van der Waals surface area contributed by atoms with Crippen molar-refractivity contribution in [2.75, 3.05) is 13.1 Å². The van der Waals surface area contributed by atoms with Crippen molar-refractivity contribution in [1.82, 2.24) is 4.90 Å². The SMILES string of the molecule is CC1(C)C2CCC1(C(N1CCC(c3ccc(O)cc3O)CC1)S(=O)O)C(=O)C2. The molecule has 2 bridgehead atoms. The Labute approximate surface area is 168 Å². The molecule has 2 saturated carbocycles. The van der Waals surface area contributed by atoms with Crippen LogP contribution < -0.4 is 0 Å². The Hall–Kier alpha value is -1.44. The monoisotopic (exact) mass is 407 g/mol. The topological polar surface area (TPSA) is 98.1 Å². The molecule has 0 radical (unpaired) electrons. The van der Waals surface area contributed by atoms with Crippen molar-refractivity contribution in [1.29, 1.82) is 0 Å². The summed E-state index contributed by atoms with van der Waals surface area (Å²) in [5.74, 6) is 0.707. The van der Waals surface area contributed by atoms with Crippen LogP contribution in [-0.4, -0.2) is 48.1 Å². The van der Waals surface area contributed by atoms with Crippen LogP contribution in [0.15, 0.2) is 18.2 Å². The molecule has 4 rings (SSSR count). The van der Waals surface area contributed by atoms with Crippen molar-refractivity contribution in [2.45, 2.75) is 57.2 Å². The van der Waals surface area contributed by atoms with E-state index >= 15 is 0 Å². The van der Waals surface area contributed by atoms with Crippen LogP contribution in [0.2, 0.25) is 0 Å². The van der Waals surface area contributed by atoms with Crippen molar-refractivity contribution in [3.63, 3.8) is 0 Å². The second-order valence-electron chi connectivity index (χ2n) is 9.24. The zero-order chi connectivity index (χ0) is 20.3. The number of rotatable bonds is 4. The van der Waals surface area contributed by atoms with Gasteiger partial charge in [0.1, 0.15) is 22.7 Å². The van der Waals surface area contributed by atoms with Crippen LogP contribution in [0.3, 0.4) is 0 Å². The van der Waals surface area contributed by atoms with Crippen molar-refractivity contribution >= 4 is 16.9 Å². The van der Waals surface area contributed by atoms with Gasteiger partial charge in [-0.15, -0.1) is 0 Å². The highest BCUT2D eigenvalue weighted by atomic mass is 32.2. The van der Waals surface area contributed by atoms with E-state index in [2.05, 4.69) is 13.8 Å². The molecular formula is C21H29NO5S. The van der Waals surface area contributed by atoms with E-state index in [9.17, 15) is 23.8 Å². The molecule has 4 unspecified atom stereocenters. The number of carbonyl (C=O) groups is 1. The predicted molar refractivity (Wildman–Crippen MR) is 106 cm³/mol. The van der Waals surface area contributed by atoms with Gasteiger partial charge in [0.2, 0.25) is 0 Å². The summed E-state index contributed by atoms with van der Waals surface area (Å²) in [5, 5.41) is 19.0. The van der Waals surface area contributed by atoms with Crippen LogP contribution in [0.5, 0.6) is 11.5 Å². The van der Waals surface area contributed by atoms with Crippen LogP contribution >= 0.6 is 0 Å². The second-order valence-corrected chi connectivity index (χ2v) is 10.2. The van der Waals surface area contributed by atoms with E-state index in [1.807, 2.05) is 4.90 Å². The summed E-state index contributed by atoms with van der Waals surface area (Å²) in [6.45, 7) is 5.41. The Bertz CT molecular complexity index is 817. The summed E-state index contributed by atoms with van der Waals surface area (Å²) in [4.78, 5) is 15.0. The third-order valence-electron chi connectivity index (χ3n) is 7.91. The number of phenolic OH excluding ortho intramolecular Hbond substituents is 2. The van der Waals surface area contributed by atoms with Crippen molar-refractivity contribution < 1.29 is 23.8 Å². The number of carbonyl (C=O) groups excluding carboxylic acids is 1. The van der Waals surface area contributed by atoms with Gasteiger partial charge in [0, 0.05) is 12.5 Å². The van der Waals surface area contributed by atoms with Gasteiger partial charge in [-0.25, -0.2) is 4.21 Å². The van der Waals surface area contributed by atoms with Crippen LogP contribution in [-0.2, 0) is 15.9 Å². The molecule has 0 amide bonds. The fourth-order valence-corrected chi connectivity index (χ4v) is 7.59. The lowest BCUT2D eigenvalue weighted by molar-refractivity contribution is -0.132. The quantitative estimate of drug-likeness (QED) is 0.663. The molecule has 1 heterocycles. The molecule has 1 saturated heterocycles. The summed E-state index contributed by atoms with van der Waals surface area (Å²) in [6.07, 6.45) is 3.64. The molecule has 2 aliphatic carbocycles. The first kappa shape index (κ1) is 19.9. The van der Waals surface area contributed by atoms with E-state index < -0.39 is 21.9 Å². The molecule has 6 nitrogen and oxygen atoms in total. The summed E-state index contributed by atoms with van der Waals surface area (Å²) in [5.41, 5.74) is -0.209. The van der Waals surface area contributed by atoms with Crippen LogP contribution in [0.25, 0.3) is 0 Å². The highest BCUT2D eigenvalue weighted by molar-refractivity contribution is 7.79. The number of hydrogen-bond acceptors (Lipinski definition) is 5. The molecule has 7 heteroatoms. The largest absolute Gasteiger partial charge is 0.508 e. The predicted octanol–water partition coefficient (Wildman–Crippen LogP) is 3.22. The zero-order valence-corrected chi connectivity index (χ0v) is 17.2. The van der Waals surface area contributed by atoms with Crippen molar-refractivity contribution in [2.24, 2.45) is 16.7 Å². The normalized spacial score (nSPS) is 32.5. The molecule has 0 aromatic heterocycles. The van der Waals surface area contributed by atoms with E-state index in [0.717, 1.165) is 24.8 Å². The lowest BCUT2D eigenvalue weighted by Crippen LogP contribution is -2.58. The summed E-state index contributed by atoms with van der Waals surface area (Å²) < 4.78 is 22.8. The smallest absolute Gasteiger partial charge is 0.171 e. The minimum absolute atomic E-state index is 0.0336. The van der Waals surface area contributed by atoms with Gasteiger partial charge in [-0.2, -0.15) is 0 Å². The molecule has 154 valence electrons. The molecule has 0 spiro atoms. The number of nitrogens with zero attached hydrogens (tertiary/aromatic N) is 1. The molecule has 1 aromatic carbocycles. The minimum Gasteiger partial charge on any atom is -0.508 e. The number of piperidine rings is 1. The summed E-state index contributed by atoms with van der Waals surface area (Å²) >= 11 is -2.11. The maximum absolute atomic E-state index is 13.0. The summed E-state index contributed by atoms with van der Waals surface area (Å²) in [7, 11) is 0. The van der Waals surface area contributed by atoms with Gasteiger partial charge in [0.15, 0.2) is 11.1 Å². The fraction of sp³-hybridized carbons (Fsp3) is 0.667. The van der Waals surface area contributed by atoms with Gasteiger partial charge in [0.05, 0.1) is 5.41 Å². The Morgan fingerprint density at radius 2 is 1.86 bits per heavy atom. The first-order valence-corrected chi connectivity index (χ1v) is 11.2. The molecule has 1 aliphatic heterocycles. The van der Waals surface area contributed by atoms with Gasteiger partial charge >= 0.3 is 0 Å². The van der Waals surface area contributed by atoms with Crippen molar-refractivity contribution in [3.8, 4) is 11.5 Å². The standard InChI is InChI=1S/C21H29NO5S/c1-20(2)14-5-8-21(20,18(25)11-14)19(28(26)27)22-9-6-13(7-10-22)16-4-3-15(23)12-17(16)24/h3-4,12-14,19,23-24H,5-11H2,1-2H3,(H,26,27). The number of likely N-dealkylation sites (tertiary alicyclic amines) is 1. The number of aromatic hydroxyl groups is 2. The lowest BCUT2D eigenvalue weighted by Gasteiger charge is -2.47. The van der Waals surface area contributed by atoms with Gasteiger partial charge in [-0.05, 0) is 67.7 Å². The highest BCUT2D eigenvalue weighted by Gasteiger charge is 2.69. The van der Waals surface area contributed by atoms with E-state index in [4.69, 9.17) is 0 Å². The molecule has 3 aliphatic rings. The number of fused-ring (bicyclic) bond motifs is 2. The maximum atomic E-state index is 13.0. The maximum Gasteiger partial charge on any atom is 0.171 e. The molecule has 28 heavy (non-hydrogen) atoms. The van der Waals surface area contributed by atoms with E-state index in [0.29, 0.717) is 31.8 Å². The first-order valence-electron chi connectivity index (χ1n) is 10.1. The lowest BCUT2D eigenvalue weighted by atomic mass is 9.68. The molecule has 1 aromatic rings.